The van der Waals surface area contributed by atoms with Gasteiger partial charge in [-0.25, -0.2) is 12.4 Å². The monoisotopic (exact) mass is 583 g/mol. The standard InChI is InChI=1S/C28H23Cl2N3O5S/c1-17-13-18(16-31)14-23-21(17)15-24(33(23)39(36,37)19-5-3-2-4-6-19)27(34)25-22(29)8-7-20(26(25)30)28(35)32-9-11-38-12-10-32/h2-8,13-15,27,34H,9-12H2,1H3. The number of nitrogens with zero attached hydrogens (tertiary/aromatic N) is 3. The quantitative estimate of drug-likeness (QED) is 0.357. The Morgan fingerprint density at radius 1 is 1.08 bits per heavy atom. The van der Waals surface area contributed by atoms with Crippen molar-refractivity contribution in [3.05, 3.63) is 98.7 Å². The van der Waals surface area contributed by atoms with E-state index in [2.05, 4.69) is 6.07 Å². The number of aliphatic hydroxyl groups excluding tert-OH is 1. The van der Waals surface area contributed by atoms with E-state index in [4.69, 9.17) is 27.9 Å². The summed E-state index contributed by atoms with van der Waals surface area (Å²) in [5.74, 6) is -0.347. The summed E-state index contributed by atoms with van der Waals surface area (Å²) in [5, 5.41) is 21.8. The minimum atomic E-state index is -4.24. The van der Waals surface area contributed by atoms with E-state index in [0.29, 0.717) is 37.3 Å². The first kappa shape index (κ1) is 27.2. The van der Waals surface area contributed by atoms with E-state index in [1.165, 1.54) is 30.3 Å². The van der Waals surface area contributed by atoms with Crippen LogP contribution in [0.3, 0.4) is 0 Å². The Labute approximate surface area is 235 Å². The van der Waals surface area contributed by atoms with E-state index in [-0.39, 0.29) is 48.7 Å². The fraction of sp³-hybridized carbons (Fsp3) is 0.214. The van der Waals surface area contributed by atoms with E-state index in [1.54, 1.807) is 42.2 Å². The van der Waals surface area contributed by atoms with Gasteiger partial charge in [0.05, 0.1) is 51.5 Å². The van der Waals surface area contributed by atoms with Gasteiger partial charge < -0.3 is 14.7 Å². The Balaban J connectivity index is 1.73. The lowest BCUT2D eigenvalue weighted by atomic mass is 10.0. The molecule has 1 amide bonds. The third kappa shape index (κ3) is 4.80. The molecule has 200 valence electrons. The molecule has 39 heavy (non-hydrogen) atoms. The van der Waals surface area contributed by atoms with Crippen molar-refractivity contribution in [2.75, 3.05) is 26.3 Å². The predicted molar refractivity (Wildman–Crippen MR) is 148 cm³/mol. The fourth-order valence-corrected chi connectivity index (χ4v) is 6.98. The SMILES string of the molecule is Cc1cc(C#N)cc2c1cc(C(O)c1c(Cl)ccc(C(=O)N3CCOCC3)c1Cl)n2S(=O)(=O)c1ccccc1. The summed E-state index contributed by atoms with van der Waals surface area (Å²) < 4.78 is 34.3. The number of hydrogen-bond donors (Lipinski definition) is 1. The first-order valence-electron chi connectivity index (χ1n) is 12.0. The molecule has 2 heterocycles. The zero-order chi connectivity index (χ0) is 27.9. The van der Waals surface area contributed by atoms with Gasteiger partial charge in [0, 0.05) is 29.1 Å². The molecule has 3 aromatic carbocycles. The average Bonchev–Trinajstić information content (AvgIpc) is 3.35. The predicted octanol–water partition coefficient (Wildman–Crippen LogP) is 4.92. The average molecular weight is 584 g/mol. The van der Waals surface area contributed by atoms with Crippen molar-refractivity contribution in [2.45, 2.75) is 17.9 Å². The molecule has 1 unspecified atom stereocenters. The number of aromatic nitrogens is 1. The molecule has 0 saturated carbocycles. The number of ether oxygens (including phenoxy) is 1. The van der Waals surface area contributed by atoms with Crippen LogP contribution < -0.4 is 0 Å². The van der Waals surface area contributed by atoms with Gasteiger partial charge in [0.25, 0.3) is 15.9 Å². The van der Waals surface area contributed by atoms with Gasteiger partial charge in [0.1, 0.15) is 6.10 Å². The number of amides is 1. The summed E-state index contributed by atoms with van der Waals surface area (Å²) >= 11 is 13.2. The van der Waals surface area contributed by atoms with Gasteiger partial charge >= 0.3 is 0 Å². The maximum atomic E-state index is 14.0. The first-order chi connectivity index (χ1) is 18.6. The zero-order valence-corrected chi connectivity index (χ0v) is 23.1. The number of fused-ring (bicyclic) bond motifs is 1. The van der Waals surface area contributed by atoms with Gasteiger partial charge in [-0.05, 0) is 55.0 Å². The number of benzene rings is 3. The van der Waals surface area contributed by atoms with Crippen molar-refractivity contribution in [1.82, 2.24) is 8.87 Å². The topological polar surface area (TPSA) is 113 Å². The van der Waals surface area contributed by atoms with Crippen LogP contribution in [0.4, 0.5) is 0 Å². The van der Waals surface area contributed by atoms with Crippen LogP contribution in [-0.2, 0) is 14.8 Å². The summed E-state index contributed by atoms with van der Waals surface area (Å²) in [6, 6.07) is 17.4. The second-order valence-electron chi connectivity index (χ2n) is 9.12. The summed E-state index contributed by atoms with van der Waals surface area (Å²) in [6.07, 6.45) is -1.63. The molecule has 5 rings (SSSR count). The number of carbonyl (C=O) groups is 1. The van der Waals surface area contributed by atoms with E-state index in [0.717, 1.165) is 3.97 Å². The smallest absolute Gasteiger partial charge is 0.268 e. The lowest BCUT2D eigenvalue weighted by molar-refractivity contribution is 0.0303. The van der Waals surface area contributed by atoms with Crippen LogP contribution in [0, 0.1) is 18.3 Å². The molecular formula is C28H23Cl2N3O5S. The number of morpholine rings is 1. The molecular weight excluding hydrogens is 561 g/mol. The van der Waals surface area contributed by atoms with E-state index in [1.807, 2.05) is 0 Å². The number of halogens is 2. The summed E-state index contributed by atoms with van der Waals surface area (Å²) in [4.78, 5) is 14.8. The maximum Gasteiger partial charge on any atom is 0.268 e. The maximum absolute atomic E-state index is 14.0. The van der Waals surface area contributed by atoms with Crippen LogP contribution in [-0.4, -0.2) is 54.6 Å². The highest BCUT2D eigenvalue weighted by molar-refractivity contribution is 7.90. The van der Waals surface area contributed by atoms with Gasteiger partial charge in [-0.2, -0.15) is 5.26 Å². The Morgan fingerprint density at radius 3 is 2.44 bits per heavy atom. The molecule has 0 aliphatic carbocycles. The number of aliphatic hydroxyl groups is 1. The minimum absolute atomic E-state index is 0.00270. The second-order valence-corrected chi connectivity index (χ2v) is 11.7. The Morgan fingerprint density at radius 2 is 1.77 bits per heavy atom. The van der Waals surface area contributed by atoms with Crippen molar-refractivity contribution < 1.29 is 23.1 Å². The van der Waals surface area contributed by atoms with Crippen molar-refractivity contribution >= 4 is 50.0 Å². The van der Waals surface area contributed by atoms with Crippen molar-refractivity contribution in [2.24, 2.45) is 0 Å². The van der Waals surface area contributed by atoms with E-state index >= 15 is 0 Å². The number of nitriles is 1. The van der Waals surface area contributed by atoms with Gasteiger partial charge in [0.2, 0.25) is 0 Å². The highest BCUT2D eigenvalue weighted by atomic mass is 35.5. The minimum Gasteiger partial charge on any atom is -0.382 e. The Hall–Kier alpha value is -3.39. The van der Waals surface area contributed by atoms with Gasteiger partial charge in [-0.3, -0.25) is 4.79 Å². The highest BCUT2D eigenvalue weighted by Crippen LogP contribution is 2.40. The van der Waals surface area contributed by atoms with E-state index in [9.17, 15) is 23.6 Å². The second kappa shape index (κ2) is 10.6. The molecule has 0 radical (unpaired) electrons. The summed E-state index contributed by atoms with van der Waals surface area (Å²) in [5.41, 5.74) is 1.23. The molecule has 1 saturated heterocycles. The van der Waals surface area contributed by atoms with Crippen molar-refractivity contribution in [3.63, 3.8) is 0 Å². The number of aryl methyl sites for hydroxylation is 1. The largest absolute Gasteiger partial charge is 0.382 e. The summed E-state index contributed by atoms with van der Waals surface area (Å²) in [7, 11) is -4.24. The van der Waals surface area contributed by atoms with Crippen molar-refractivity contribution in [1.29, 1.82) is 5.26 Å². The normalized spacial score (nSPS) is 14.8. The molecule has 1 atom stereocenters. The lowest BCUT2D eigenvalue weighted by Gasteiger charge is -2.28. The van der Waals surface area contributed by atoms with Crippen LogP contribution in [0.2, 0.25) is 10.0 Å². The lowest BCUT2D eigenvalue weighted by Crippen LogP contribution is -2.40. The van der Waals surface area contributed by atoms with Crippen LogP contribution >= 0.6 is 23.2 Å². The fourth-order valence-electron chi connectivity index (χ4n) is 4.77. The van der Waals surface area contributed by atoms with Crippen LogP contribution in [0.5, 0.6) is 0 Å². The molecule has 4 aromatic rings. The van der Waals surface area contributed by atoms with Crippen LogP contribution in [0.1, 0.15) is 38.8 Å². The highest BCUT2D eigenvalue weighted by Gasteiger charge is 2.32. The molecule has 1 aromatic heterocycles. The zero-order valence-electron chi connectivity index (χ0n) is 20.8. The number of carbonyl (C=O) groups excluding carboxylic acids is 1. The molecule has 1 aliphatic heterocycles. The molecule has 1 fully saturated rings. The molecule has 1 N–H and O–H groups in total. The number of hydrogen-bond acceptors (Lipinski definition) is 6. The molecule has 0 bridgehead atoms. The third-order valence-electron chi connectivity index (χ3n) is 6.73. The van der Waals surface area contributed by atoms with Gasteiger partial charge in [-0.1, -0.05) is 41.4 Å². The first-order valence-corrected chi connectivity index (χ1v) is 14.2. The summed E-state index contributed by atoms with van der Waals surface area (Å²) in [6.45, 7) is 3.32. The van der Waals surface area contributed by atoms with Crippen LogP contribution in [0.25, 0.3) is 10.9 Å². The molecule has 11 heteroatoms. The third-order valence-corrected chi connectivity index (χ3v) is 9.22. The Kier molecular flexibility index (Phi) is 7.42. The number of rotatable bonds is 5. The van der Waals surface area contributed by atoms with Crippen LogP contribution in [0.15, 0.2) is 65.6 Å². The molecule has 1 aliphatic rings. The molecule has 8 nitrogen and oxygen atoms in total. The van der Waals surface area contributed by atoms with E-state index < -0.39 is 16.1 Å². The molecule has 0 spiro atoms. The van der Waals surface area contributed by atoms with Gasteiger partial charge in [-0.15, -0.1) is 0 Å². The Bertz CT molecular complexity index is 1740. The van der Waals surface area contributed by atoms with Crippen molar-refractivity contribution in [3.8, 4) is 6.07 Å². The van der Waals surface area contributed by atoms with Gasteiger partial charge in [0.15, 0.2) is 0 Å².